The first-order valence-electron chi connectivity index (χ1n) is 12.6. The molecule has 1 heterocycles. The van der Waals surface area contributed by atoms with E-state index in [-0.39, 0.29) is 5.75 Å². The standard InChI is InChI=1S/C32H25F3N2O4/c1-39-25-14-8-22(9-15-25)28-29(23-10-16-26(40-2)17-11-23)37(20-21-6-4-3-5-7-21)30(36-28)24-12-18-27(19-13-24)41-31(38)32(33,34)35/h3-19H,20H2,1-2H3. The quantitative estimate of drug-likeness (QED) is 0.147. The van der Waals surface area contributed by atoms with Crippen molar-refractivity contribution in [3.05, 3.63) is 109 Å². The Balaban J connectivity index is 1.68. The first kappa shape index (κ1) is 27.5. The summed E-state index contributed by atoms with van der Waals surface area (Å²) in [6.07, 6.45) is -5.09. The van der Waals surface area contributed by atoms with Crippen molar-refractivity contribution in [3.8, 4) is 51.2 Å². The van der Waals surface area contributed by atoms with Gasteiger partial charge in [-0.1, -0.05) is 30.3 Å². The molecule has 0 bridgehead atoms. The van der Waals surface area contributed by atoms with Crippen LogP contribution in [0.1, 0.15) is 5.56 Å². The van der Waals surface area contributed by atoms with Gasteiger partial charge in [0.2, 0.25) is 0 Å². The van der Waals surface area contributed by atoms with Gasteiger partial charge in [-0.15, -0.1) is 0 Å². The van der Waals surface area contributed by atoms with Gasteiger partial charge in [0.15, 0.2) is 0 Å². The molecule has 0 aliphatic rings. The summed E-state index contributed by atoms with van der Waals surface area (Å²) in [7, 11) is 3.20. The van der Waals surface area contributed by atoms with Crippen LogP contribution in [0.3, 0.4) is 0 Å². The van der Waals surface area contributed by atoms with E-state index >= 15 is 0 Å². The van der Waals surface area contributed by atoms with Crippen LogP contribution in [0.15, 0.2) is 103 Å². The molecular formula is C32H25F3N2O4. The lowest BCUT2D eigenvalue weighted by molar-refractivity contribution is -0.189. The summed E-state index contributed by atoms with van der Waals surface area (Å²) in [5, 5.41) is 0. The molecule has 0 unspecified atom stereocenters. The third-order valence-electron chi connectivity index (χ3n) is 6.43. The van der Waals surface area contributed by atoms with E-state index < -0.39 is 12.1 Å². The number of carbonyl (C=O) groups excluding carboxylic acids is 1. The number of halogens is 3. The second-order valence-corrected chi connectivity index (χ2v) is 9.07. The number of imidazole rings is 1. The van der Waals surface area contributed by atoms with Gasteiger partial charge in [-0.3, -0.25) is 0 Å². The maximum absolute atomic E-state index is 12.7. The van der Waals surface area contributed by atoms with E-state index in [1.807, 2.05) is 78.9 Å². The van der Waals surface area contributed by atoms with Gasteiger partial charge >= 0.3 is 12.1 Å². The van der Waals surface area contributed by atoms with Gasteiger partial charge in [0.1, 0.15) is 23.1 Å². The molecule has 0 atom stereocenters. The van der Waals surface area contributed by atoms with E-state index in [0.29, 0.717) is 35.1 Å². The molecule has 5 rings (SSSR count). The first-order chi connectivity index (χ1) is 19.8. The number of benzene rings is 4. The van der Waals surface area contributed by atoms with Gasteiger partial charge < -0.3 is 18.8 Å². The average Bonchev–Trinajstić information content (AvgIpc) is 3.36. The number of alkyl halides is 3. The number of ether oxygens (including phenoxy) is 3. The Bertz CT molecular complexity index is 1630. The molecule has 0 fully saturated rings. The van der Waals surface area contributed by atoms with Crippen molar-refractivity contribution in [1.82, 2.24) is 9.55 Å². The third-order valence-corrected chi connectivity index (χ3v) is 6.43. The number of esters is 1. The molecule has 1 aromatic heterocycles. The minimum Gasteiger partial charge on any atom is -0.497 e. The maximum atomic E-state index is 12.7. The fourth-order valence-electron chi connectivity index (χ4n) is 4.42. The minimum absolute atomic E-state index is 0.219. The SMILES string of the molecule is COc1ccc(-c2nc(-c3ccc(OC(=O)C(F)(F)F)cc3)n(Cc3ccccc3)c2-c2ccc(OC)cc2)cc1. The number of carbonyl (C=O) groups is 1. The van der Waals surface area contributed by atoms with Crippen LogP contribution in [0.5, 0.6) is 17.2 Å². The van der Waals surface area contributed by atoms with Crippen molar-refractivity contribution in [2.75, 3.05) is 14.2 Å². The van der Waals surface area contributed by atoms with Crippen molar-refractivity contribution < 1.29 is 32.2 Å². The highest BCUT2D eigenvalue weighted by Crippen LogP contribution is 2.38. The largest absolute Gasteiger partial charge is 0.497 e. The van der Waals surface area contributed by atoms with Crippen LogP contribution in [0.4, 0.5) is 13.2 Å². The maximum Gasteiger partial charge on any atom is 0.491 e. The van der Waals surface area contributed by atoms with E-state index in [1.165, 1.54) is 12.1 Å². The van der Waals surface area contributed by atoms with Crippen LogP contribution >= 0.6 is 0 Å². The predicted octanol–water partition coefficient (Wildman–Crippen LogP) is 7.42. The lowest BCUT2D eigenvalue weighted by Crippen LogP contribution is -2.27. The topological polar surface area (TPSA) is 62.6 Å². The molecule has 9 heteroatoms. The van der Waals surface area contributed by atoms with Gasteiger partial charge in [0, 0.05) is 23.2 Å². The normalized spacial score (nSPS) is 11.2. The summed E-state index contributed by atoms with van der Waals surface area (Å²) in [6, 6.07) is 30.9. The second-order valence-electron chi connectivity index (χ2n) is 9.07. The van der Waals surface area contributed by atoms with Gasteiger partial charge in [0.25, 0.3) is 0 Å². The van der Waals surface area contributed by atoms with Gasteiger partial charge in [-0.05, 0) is 78.4 Å². The van der Waals surface area contributed by atoms with Crippen molar-refractivity contribution in [2.45, 2.75) is 12.7 Å². The Morgan fingerprint density at radius 3 is 1.76 bits per heavy atom. The fraction of sp³-hybridized carbons (Fsp3) is 0.125. The van der Waals surface area contributed by atoms with Crippen molar-refractivity contribution in [3.63, 3.8) is 0 Å². The van der Waals surface area contributed by atoms with Crippen molar-refractivity contribution in [1.29, 1.82) is 0 Å². The van der Waals surface area contributed by atoms with Crippen LogP contribution in [0.2, 0.25) is 0 Å². The highest BCUT2D eigenvalue weighted by atomic mass is 19.4. The lowest BCUT2D eigenvalue weighted by atomic mass is 10.0. The van der Waals surface area contributed by atoms with Crippen LogP contribution in [-0.4, -0.2) is 35.9 Å². The van der Waals surface area contributed by atoms with E-state index in [4.69, 9.17) is 14.5 Å². The minimum atomic E-state index is -5.09. The number of rotatable bonds is 8. The fourth-order valence-corrected chi connectivity index (χ4v) is 4.42. The number of hydrogen-bond donors (Lipinski definition) is 0. The lowest BCUT2D eigenvalue weighted by Gasteiger charge is -2.14. The molecule has 0 saturated carbocycles. The Hall–Kier alpha value is -5.05. The van der Waals surface area contributed by atoms with Gasteiger partial charge in [0.05, 0.1) is 25.6 Å². The zero-order valence-corrected chi connectivity index (χ0v) is 22.2. The summed E-state index contributed by atoms with van der Waals surface area (Å²) < 4.78 is 55.4. The van der Waals surface area contributed by atoms with E-state index in [2.05, 4.69) is 9.30 Å². The highest BCUT2D eigenvalue weighted by Gasteiger charge is 2.41. The smallest absolute Gasteiger partial charge is 0.491 e. The molecule has 208 valence electrons. The predicted molar refractivity (Wildman–Crippen MR) is 149 cm³/mol. The molecule has 0 radical (unpaired) electrons. The molecule has 0 aliphatic carbocycles. The highest BCUT2D eigenvalue weighted by molar-refractivity contribution is 5.83. The number of hydrogen-bond acceptors (Lipinski definition) is 5. The summed E-state index contributed by atoms with van der Waals surface area (Å²) >= 11 is 0. The number of methoxy groups -OCH3 is 2. The van der Waals surface area contributed by atoms with Crippen LogP contribution in [0, 0.1) is 0 Å². The molecule has 0 aliphatic heterocycles. The summed E-state index contributed by atoms with van der Waals surface area (Å²) in [6.45, 7) is 0.464. The van der Waals surface area contributed by atoms with E-state index in [0.717, 1.165) is 22.4 Å². The molecule has 0 spiro atoms. The summed E-state index contributed by atoms with van der Waals surface area (Å²) in [5.41, 5.74) is 4.93. The Labute approximate surface area is 234 Å². The zero-order chi connectivity index (χ0) is 29.0. The Morgan fingerprint density at radius 1 is 0.707 bits per heavy atom. The Kier molecular flexibility index (Phi) is 7.78. The number of aromatic nitrogens is 2. The zero-order valence-electron chi connectivity index (χ0n) is 22.2. The molecule has 41 heavy (non-hydrogen) atoms. The van der Waals surface area contributed by atoms with Crippen LogP contribution in [-0.2, 0) is 11.3 Å². The van der Waals surface area contributed by atoms with E-state index in [9.17, 15) is 18.0 Å². The molecule has 4 aromatic carbocycles. The van der Waals surface area contributed by atoms with Gasteiger partial charge in [-0.2, -0.15) is 13.2 Å². The van der Waals surface area contributed by atoms with Crippen LogP contribution in [0.25, 0.3) is 33.9 Å². The first-order valence-corrected chi connectivity index (χ1v) is 12.6. The van der Waals surface area contributed by atoms with Crippen molar-refractivity contribution in [2.24, 2.45) is 0 Å². The average molecular weight is 559 g/mol. The molecule has 0 saturated heterocycles. The molecule has 6 nitrogen and oxygen atoms in total. The second kappa shape index (κ2) is 11.6. The monoisotopic (exact) mass is 558 g/mol. The molecular weight excluding hydrogens is 533 g/mol. The van der Waals surface area contributed by atoms with E-state index in [1.54, 1.807) is 26.4 Å². The number of nitrogens with zero attached hydrogens (tertiary/aromatic N) is 2. The van der Waals surface area contributed by atoms with Gasteiger partial charge in [-0.25, -0.2) is 9.78 Å². The summed E-state index contributed by atoms with van der Waals surface area (Å²) in [5.74, 6) is -0.507. The molecule has 0 N–H and O–H groups in total. The van der Waals surface area contributed by atoms with Crippen LogP contribution < -0.4 is 14.2 Å². The van der Waals surface area contributed by atoms with Crippen molar-refractivity contribution >= 4 is 5.97 Å². The molecule has 0 amide bonds. The summed E-state index contributed by atoms with van der Waals surface area (Å²) in [4.78, 5) is 16.4. The molecule has 5 aromatic rings. The Morgan fingerprint density at radius 2 is 1.22 bits per heavy atom. The third kappa shape index (κ3) is 6.09.